The van der Waals surface area contributed by atoms with Gasteiger partial charge in [0.15, 0.2) is 9.84 Å². The topological polar surface area (TPSA) is 90.6 Å². The molecule has 0 aliphatic carbocycles. The zero-order valence-corrected chi connectivity index (χ0v) is 12.7. The van der Waals surface area contributed by atoms with E-state index in [1.54, 1.807) is 24.4 Å². The van der Waals surface area contributed by atoms with Crippen molar-refractivity contribution in [1.82, 2.24) is 25.2 Å². The number of hydrogen-bond acceptors (Lipinski definition) is 6. The monoisotopic (exact) mass is 333 g/mol. The van der Waals surface area contributed by atoms with Gasteiger partial charge in [0.05, 0.1) is 17.2 Å². The second-order valence-corrected chi connectivity index (χ2v) is 6.82. The predicted octanol–water partition coefficient (Wildman–Crippen LogP) is 1.35. The smallest absolute Gasteiger partial charge is 0.200 e. The fraction of sp³-hybridized carbons (Fsp3) is 0.143. The van der Waals surface area contributed by atoms with E-state index in [2.05, 4.69) is 20.5 Å². The zero-order chi connectivity index (χ0) is 16.3. The normalized spacial score (nSPS) is 11.5. The molecule has 2 aromatic heterocycles. The van der Waals surface area contributed by atoms with Crippen LogP contribution in [0.3, 0.4) is 0 Å². The standard InChI is InChI=1S/C14H12FN5O2S/c15-11-4-6-12(7-5-11)23(21,22)10-9-20-14(17-18-19-20)13-3-1-2-8-16-13/h1-8H,9-10H2. The first-order valence-corrected chi connectivity index (χ1v) is 8.37. The molecule has 0 spiro atoms. The lowest BCUT2D eigenvalue weighted by Gasteiger charge is -2.06. The molecular weight excluding hydrogens is 321 g/mol. The Hall–Kier alpha value is -2.68. The molecule has 0 aliphatic rings. The predicted molar refractivity (Wildman–Crippen MR) is 79.5 cm³/mol. The lowest BCUT2D eigenvalue weighted by molar-refractivity contribution is 0.575. The van der Waals surface area contributed by atoms with Crippen molar-refractivity contribution >= 4 is 9.84 Å². The Labute approximate surface area is 131 Å². The van der Waals surface area contributed by atoms with Gasteiger partial charge in [0, 0.05) is 6.20 Å². The molecule has 0 saturated heterocycles. The van der Waals surface area contributed by atoms with E-state index in [0.29, 0.717) is 11.5 Å². The molecule has 0 aliphatic heterocycles. The number of aromatic nitrogens is 5. The SMILES string of the molecule is O=S(=O)(CCn1nnnc1-c1ccccn1)c1ccc(F)cc1. The maximum atomic E-state index is 12.9. The van der Waals surface area contributed by atoms with E-state index >= 15 is 0 Å². The van der Waals surface area contributed by atoms with Crippen molar-refractivity contribution in [2.75, 3.05) is 5.75 Å². The molecule has 0 unspecified atom stereocenters. The lowest BCUT2D eigenvalue weighted by atomic mass is 10.3. The molecule has 0 radical (unpaired) electrons. The van der Waals surface area contributed by atoms with Crippen molar-refractivity contribution < 1.29 is 12.8 Å². The first-order valence-electron chi connectivity index (χ1n) is 6.72. The average Bonchev–Trinajstić information content (AvgIpc) is 3.03. The summed E-state index contributed by atoms with van der Waals surface area (Å²) < 4.78 is 38.8. The van der Waals surface area contributed by atoms with Gasteiger partial charge in [-0.15, -0.1) is 5.10 Å². The summed E-state index contributed by atoms with van der Waals surface area (Å²) in [5.74, 6) is -0.300. The van der Waals surface area contributed by atoms with E-state index in [1.165, 1.54) is 16.8 Å². The number of halogens is 1. The van der Waals surface area contributed by atoms with Crippen LogP contribution in [-0.4, -0.2) is 39.4 Å². The summed E-state index contributed by atoms with van der Waals surface area (Å²) in [6.45, 7) is 0.0681. The van der Waals surface area contributed by atoms with Gasteiger partial charge < -0.3 is 0 Å². The highest BCUT2D eigenvalue weighted by atomic mass is 32.2. The lowest BCUT2D eigenvalue weighted by Crippen LogP contribution is -2.15. The number of benzene rings is 1. The van der Waals surface area contributed by atoms with Crippen molar-refractivity contribution in [3.63, 3.8) is 0 Å². The maximum absolute atomic E-state index is 12.9. The molecule has 2 heterocycles. The molecular formula is C14H12FN5O2S. The third kappa shape index (κ3) is 3.39. The van der Waals surface area contributed by atoms with Gasteiger partial charge in [0.2, 0.25) is 5.82 Å². The molecule has 0 atom stereocenters. The van der Waals surface area contributed by atoms with Crippen LogP contribution >= 0.6 is 0 Å². The molecule has 0 N–H and O–H groups in total. The number of rotatable bonds is 5. The van der Waals surface area contributed by atoms with Crippen LogP contribution in [0.25, 0.3) is 11.5 Å². The van der Waals surface area contributed by atoms with Crippen LogP contribution in [0.15, 0.2) is 53.6 Å². The van der Waals surface area contributed by atoms with Crippen molar-refractivity contribution in [2.45, 2.75) is 11.4 Å². The van der Waals surface area contributed by atoms with Gasteiger partial charge in [-0.25, -0.2) is 17.5 Å². The van der Waals surface area contributed by atoms with Gasteiger partial charge in [-0.05, 0) is 46.8 Å². The summed E-state index contributed by atoms with van der Waals surface area (Å²) in [7, 11) is -3.56. The van der Waals surface area contributed by atoms with Crippen LogP contribution in [0, 0.1) is 5.82 Å². The van der Waals surface area contributed by atoms with Crippen molar-refractivity contribution in [3.05, 3.63) is 54.5 Å². The molecule has 0 saturated carbocycles. The molecule has 0 fully saturated rings. The minimum absolute atomic E-state index is 0.0614. The third-order valence-electron chi connectivity index (χ3n) is 3.17. The number of aryl methyl sites for hydroxylation is 1. The van der Waals surface area contributed by atoms with Crippen LogP contribution in [0.2, 0.25) is 0 Å². The Morgan fingerprint density at radius 2 is 1.87 bits per heavy atom. The third-order valence-corrected chi connectivity index (χ3v) is 4.88. The van der Waals surface area contributed by atoms with Crippen LogP contribution in [0.1, 0.15) is 0 Å². The van der Waals surface area contributed by atoms with Gasteiger partial charge in [-0.3, -0.25) is 4.98 Å². The van der Waals surface area contributed by atoms with Gasteiger partial charge in [0.25, 0.3) is 0 Å². The molecule has 3 rings (SSSR count). The first-order chi connectivity index (χ1) is 11.1. The van der Waals surface area contributed by atoms with E-state index in [0.717, 1.165) is 12.1 Å². The summed E-state index contributed by atoms with van der Waals surface area (Å²) in [4.78, 5) is 4.20. The number of hydrogen-bond donors (Lipinski definition) is 0. The molecule has 0 amide bonds. The minimum atomic E-state index is -3.56. The van der Waals surface area contributed by atoms with Crippen molar-refractivity contribution in [2.24, 2.45) is 0 Å². The molecule has 7 nitrogen and oxygen atoms in total. The van der Waals surface area contributed by atoms with Crippen LogP contribution in [0.4, 0.5) is 4.39 Å². The second kappa shape index (κ2) is 6.21. The first kappa shape index (κ1) is 15.2. The van der Waals surface area contributed by atoms with Gasteiger partial charge in [-0.2, -0.15) is 0 Å². The molecule has 9 heteroatoms. The molecule has 1 aromatic carbocycles. The van der Waals surface area contributed by atoms with Gasteiger partial charge in [0.1, 0.15) is 11.5 Å². The van der Waals surface area contributed by atoms with Gasteiger partial charge >= 0.3 is 0 Å². The second-order valence-electron chi connectivity index (χ2n) is 4.71. The minimum Gasteiger partial charge on any atom is -0.253 e. The summed E-state index contributed by atoms with van der Waals surface area (Å²) in [6, 6.07) is 9.99. The number of nitrogens with zero attached hydrogens (tertiary/aromatic N) is 5. The van der Waals surface area contributed by atoms with Crippen LogP contribution < -0.4 is 0 Å². The summed E-state index contributed by atoms with van der Waals surface area (Å²) in [5.41, 5.74) is 0.552. The Morgan fingerprint density at radius 3 is 2.57 bits per heavy atom. The largest absolute Gasteiger partial charge is 0.253 e. The maximum Gasteiger partial charge on any atom is 0.200 e. The molecule has 118 valence electrons. The Morgan fingerprint density at radius 1 is 1.09 bits per heavy atom. The Balaban J connectivity index is 1.79. The fourth-order valence-electron chi connectivity index (χ4n) is 2.00. The highest BCUT2D eigenvalue weighted by Crippen LogP contribution is 2.15. The molecule has 23 heavy (non-hydrogen) atoms. The van der Waals surface area contributed by atoms with E-state index in [1.807, 2.05) is 0 Å². The zero-order valence-electron chi connectivity index (χ0n) is 11.9. The number of sulfone groups is 1. The summed E-state index contributed by atoms with van der Waals surface area (Å²) in [5, 5.41) is 11.2. The van der Waals surface area contributed by atoms with E-state index < -0.39 is 15.7 Å². The van der Waals surface area contributed by atoms with Crippen LogP contribution in [-0.2, 0) is 16.4 Å². The van der Waals surface area contributed by atoms with E-state index in [-0.39, 0.29) is 17.2 Å². The van der Waals surface area contributed by atoms with Crippen molar-refractivity contribution in [1.29, 1.82) is 0 Å². The number of tetrazole rings is 1. The molecule has 0 bridgehead atoms. The van der Waals surface area contributed by atoms with Gasteiger partial charge in [-0.1, -0.05) is 6.07 Å². The van der Waals surface area contributed by atoms with Crippen molar-refractivity contribution in [3.8, 4) is 11.5 Å². The Bertz CT molecular complexity index is 894. The quantitative estimate of drug-likeness (QED) is 0.655. The Kier molecular flexibility index (Phi) is 4.11. The number of pyridine rings is 1. The fourth-order valence-corrected chi connectivity index (χ4v) is 3.20. The van der Waals surface area contributed by atoms with E-state index in [9.17, 15) is 12.8 Å². The van der Waals surface area contributed by atoms with E-state index in [4.69, 9.17) is 0 Å². The average molecular weight is 333 g/mol. The highest BCUT2D eigenvalue weighted by molar-refractivity contribution is 7.91. The highest BCUT2D eigenvalue weighted by Gasteiger charge is 2.17. The summed E-state index contributed by atoms with van der Waals surface area (Å²) in [6.07, 6.45) is 1.60. The molecule has 3 aromatic rings. The summed E-state index contributed by atoms with van der Waals surface area (Å²) >= 11 is 0. The van der Waals surface area contributed by atoms with Crippen LogP contribution in [0.5, 0.6) is 0 Å².